The van der Waals surface area contributed by atoms with Crippen molar-refractivity contribution in [3.05, 3.63) is 23.3 Å². The zero-order valence-corrected chi connectivity index (χ0v) is 7.50. The van der Waals surface area contributed by atoms with Gasteiger partial charge in [-0.1, -0.05) is 0 Å². The van der Waals surface area contributed by atoms with E-state index in [1.165, 1.54) is 13.2 Å². The number of carbonyl (C=O) groups excluding carboxylic acids is 1. The normalized spacial score (nSPS) is 9.69. The monoisotopic (exact) mass is 181 g/mol. The lowest BCUT2D eigenvalue weighted by atomic mass is 10.1. The molecule has 1 rings (SSSR count). The number of phenols is 1. The first-order valence-electron chi connectivity index (χ1n) is 3.73. The lowest BCUT2D eigenvalue weighted by molar-refractivity contribution is 0.0597. The molecule has 1 aromatic carbocycles. The van der Waals surface area contributed by atoms with Gasteiger partial charge < -0.3 is 15.6 Å². The number of esters is 1. The van der Waals surface area contributed by atoms with Crippen LogP contribution in [-0.4, -0.2) is 18.2 Å². The summed E-state index contributed by atoms with van der Waals surface area (Å²) in [6.45, 7) is 1.78. The number of hydrogen-bond donors (Lipinski definition) is 2. The standard InChI is InChI=1S/C9H11NO3/c1-5-3-6(9(12)13-2)8(11)7(10)4-5/h3-4,11H,10H2,1-2H3. The van der Waals surface area contributed by atoms with E-state index in [1.54, 1.807) is 13.0 Å². The molecule has 0 unspecified atom stereocenters. The van der Waals surface area contributed by atoms with Crippen molar-refractivity contribution in [1.82, 2.24) is 0 Å². The maximum Gasteiger partial charge on any atom is 0.341 e. The first-order valence-corrected chi connectivity index (χ1v) is 3.73. The molecule has 0 saturated carbocycles. The number of aromatic hydroxyl groups is 1. The maximum atomic E-state index is 11.1. The Hall–Kier alpha value is -1.71. The molecule has 0 aromatic heterocycles. The van der Waals surface area contributed by atoms with Gasteiger partial charge in [0.25, 0.3) is 0 Å². The third-order valence-corrected chi connectivity index (χ3v) is 1.69. The summed E-state index contributed by atoms with van der Waals surface area (Å²) in [4.78, 5) is 11.1. The summed E-state index contributed by atoms with van der Waals surface area (Å²) in [5.74, 6) is -0.814. The van der Waals surface area contributed by atoms with Gasteiger partial charge in [-0.3, -0.25) is 0 Å². The fourth-order valence-corrected chi connectivity index (χ4v) is 1.07. The second-order valence-corrected chi connectivity index (χ2v) is 2.74. The van der Waals surface area contributed by atoms with Crippen molar-refractivity contribution >= 4 is 11.7 Å². The van der Waals surface area contributed by atoms with Crippen molar-refractivity contribution in [3.8, 4) is 5.75 Å². The molecular formula is C9H11NO3. The molecule has 0 saturated heterocycles. The summed E-state index contributed by atoms with van der Waals surface area (Å²) in [5, 5.41) is 9.40. The summed E-state index contributed by atoms with van der Waals surface area (Å²) >= 11 is 0. The summed E-state index contributed by atoms with van der Waals surface area (Å²) in [5.41, 5.74) is 6.54. The molecule has 0 radical (unpaired) electrons. The highest BCUT2D eigenvalue weighted by Crippen LogP contribution is 2.26. The molecule has 0 spiro atoms. The van der Waals surface area contributed by atoms with Crippen LogP contribution in [0.4, 0.5) is 5.69 Å². The summed E-state index contributed by atoms with van der Waals surface area (Å²) in [7, 11) is 1.25. The molecule has 4 heteroatoms. The zero-order valence-electron chi connectivity index (χ0n) is 7.50. The molecule has 0 atom stereocenters. The molecule has 0 fully saturated rings. The molecular weight excluding hydrogens is 170 g/mol. The third kappa shape index (κ3) is 1.72. The lowest BCUT2D eigenvalue weighted by Crippen LogP contribution is -2.03. The van der Waals surface area contributed by atoms with E-state index in [2.05, 4.69) is 4.74 Å². The molecule has 3 N–H and O–H groups in total. The number of ether oxygens (including phenoxy) is 1. The largest absolute Gasteiger partial charge is 0.505 e. The van der Waals surface area contributed by atoms with Crippen LogP contribution in [0.5, 0.6) is 5.75 Å². The second kappa shape index (κ2) is 3.35. The van der Waals surface area contributed by atoms with Crippen LogP contribution < -0.4 is 5.73 Å². The number of anilines is 1. The number of nitrogens with two attached hydrogens (primary N) is 1. The van der Waals surface area contributed by atoms with Crippen LogP contribution in [0.25, 0.3) is 0 Å². The average molecular weight is 181 g/mol. The minimum Gasteiger partial charge on any atom is -0.505 e. The Morgan fingerprint density at radius 3 is 2.69 bits per heavy atom. The van der Waals surface area contributed by atoms with Gasteiger partial charge in [-0.25, -0.2) is 4.79 Å². The highest BCUT2D eigenvalue weighted by molar-refractivity contribution is 5.94. The van der Waals surface area contributed by atoms with Gasteiger partial charge in [-0.2, -0.15) is 0 Å². The number of nitrogen functional groups attached to an aromatic ring is 1. The first kappa shape index (κ1) is 9.38. The van der Waals surface area contributed by atoms with Crippen LogP contribution in [-0.2, 0) is 4.74 Å². The van der Waals surface area contributed by atoms with E-state index in [9.17, 15) is 9.90 Å². The quantitative estimate of drug-likeness (QED) is 0.386. The van der Waals surface area contributed by atoms with Crippen molar-refractivity contribution in [2.45, 2.75) is 6.92 Å². The number of rotatable bonds is 1. The number of methoxy groups -OCH3 is 1. The SMILES string of the molecule is COC(=O)c1cc(C)cc(N)c1O. The smallest absolute Gasteiger partial charge is 0.341 e. The van der Waals surface area contributed by atoms with Gasteiger partial charge in [-0.05, 0) is 24.6 Å². The van der Waals surface area contributed by atoms with Gasteiger partial charge in [-0.15, -0.1) is 0 Å². The van der Waals surface area contributed by atoms with E-state index in [1.807, 2.05) is 0 Å². The number of phenolic OH excluding ortho intramolecular Hbond substituents is 1. The minimum atomic E-state index is -0.590. The van der Waals surface area contributed by atoms with E-state index in [-0.39, 0.29) is 17.0 Å². The summed E-state index contributed by atoms with van der Waals surface area (Å²) in [6, 6.07) is 3.11. The van der Waals surface area contributed by atoms with Crippen molar-refractivity contribution in [3.63, 3.8) is 0 Å². The van der Waals surface area contributed by atoms with Gasteiger partial charge in [0.1, 0.15) is 5.56 Å². The highest BCUT2D eigenvalue weighted by Gasteiger charge is 2.13. The minimum absolute atomic E-state index is 0.0972. The lowest BCUT2D eigenvalue weighted by Gasteiger charge is -2.06. The van der Waals surface area contributed by atoms with E-state index in [0.717, 1.165) is 5.56 Å². The van der Waals surface area contributed by atoms with E-state index in [4.69, 9.17) is 5.73 Å². The van der Waals surface area contributed by atoms with Crippen molar-refractivity contribution in [2.24, 2.45) is 0 Å². The van der Waals surface area contributed by atoms with Crippen LogP contribution in [0.2, 0.25) is 0 Å². The van der Waals surface area contributed by atoms with Gasteiger partial charge in [0, 0.05) is 0 Å². The van der Waals surface area contributed by atoms with Crippen LogP contribution in [0.1, 0.15) is 15.9 Å². The van der Waals surface area contributed by atoms with E-state index >= 15 is 0 Å². The van der Waals surface area contributed by atoms with Gasteiger partial charge >= 0.3 is 5.97 Å². The number of benzene rings is 1. The molecule has 4 nitrogen and oxygen atoms in total. The number of carbonyl (C=O) groups is 1. The molecule has 0 heterocycles. The summed E-state index contributed by atoms with van der Waals surface area (Å²) in [6.07, 6.45) is 0. The van der Waals surface area contributed by atoms with Crippen LogP contribution in [0, 0.1) is 6.92 Å². The van der Waals surface area contributed by atoms with Gasteiger partial charge in [0.2, 0.25) is 0 Å². The predicted octanol–water partition coefficient (Wildman–Crippen LogP) is 1.07. The Labute approximate surface area is 75.9 Å². The maximum absolute atomic E-state index is 11.1. The van der Waals surface area contributed by atoms with E-state index in [0.29, 0.717) is 0 Å². The molecule has 0 bridgehead atoms. The Balaban J connectivity index is 3.28. The zero-order chi connectivity index (χ0) is 10.0. The first-order chi connectivity index (χ1) is 6.06. The molecule has 0 amide bonds. The molecule has 0 aliphatic heterocycles. The van der Waals surface area contributed by atoms with Crippen LogP contribution in [0.3, 0.4) is 0 Å². The number of hydrogen-bond acceptors (Lipinski definition) is 4. The van der Waals surface area contributed by atoms with Crippen molar-refractivity contribution in [2.75, 3.05) is 12.8 Å². The van der Waals surface area contributed by atoms with Crippen molar-refractivity contribution in [1.29, 1.82) is 0 Å². The molecule has 1 aromatic rings. The topological polar surface area (TPSA) is 72.5 Å². The molecule has 13 heavy (non-hydrogen) atoms. The summed E-state index contributed by atoms with van der Waals surface area (Å²) < 4.78 is 4.47. The number of aryl methyl sites for hydroxylation is 1. The van der Waals surface area contributed by atoms with Crippen LogP contribution in [0.15, 0.2) is 12.1 Å². The van der Waals surface area contributed by atoms with Gasteiger partial charge in [0.05, 0.1) is 12.8 Å². The average Bonchev–Trinajstić information content (AvgIpc) is 2.10. The second-order valence-electron chi connectivity index (χ2n) is 2.74. The highest BCUT2D eigenvalue weighted by atomic mass is 16.5. The fraction of sp³-hybridized carbons (Fsp3) is 0.222. The molecule has 0 aliphatic rings. The third-order valence-electron chi connectivity index (χ3n) is 1.69. The molecule has 0 aliphatic carbocycles. The van der Waals surface area contributed by atoms with E-state index < -0.39 is 5.97 Å². The van der Waals surface area contributed by atoms with Crippen molar-refractivity contribution < 1.29 is 14.6 Å². The fourth-order valence-electron chi connectivity index (χ4n) is 1.07. The van der Waals surface area contributed by atoms with Gasteiger partial charge in [0.15, 0.2) is 5.75 Å². The van der Waals surface area contributed by atoms with Crippen LogP contribution >= 0.6 is 0 Å². The predicted molar refractivity (Wildman–Crippen MR) is 48.6 cm³/mol. The Bertz CT molecular complexity index is 347. The molecule has 70 valence electrons. The Morgan fingerprint density at radius 2 is 2.15 bits per heavy atom. The Kier molecular flexibility index (Phi) is 2.41. The Morgan fingerprint density at radius 1 is 1.54 bits per heavy atom.